The van der Waals surface area contributed by atoms with Crippen LogP contribution in [-0.4, -0.2) is 54.9 Å². The largest absolute Gasteiger partial charge is 0.355 e. The number of hydrogen-bond acceptors (Lipinski definition) is 4. The van der Waals surface area contributed by atoms with Gasteiger partial charge in [-0.15, -0.1) is 0 Å². The van der Waals surface area contributed by atoms with Gasteiger partial charge in [-0.3, -0.25) is 14.6 Å². The molecule has 1 heterocycles. The van der Waals surface area contributed by atoms with Crippen LogP contribution in [0, 0.1) is 0 Å². The summed E-state index contributed by atoms with van der Waals surface area (Å²) in [6.45, 7) is 4.82. The molecule has 0 unspecified atom stereocenters. The summed E-state index contributed by atoms with van der Waals surface area (Å²) in [6, 6.07) is 3.81. The van der Waals surface area contributed by atoms with Crippen LogP contribution in [0.1, 0.15) is 70.3 Å². The highest BCUT2D eigenvalue weighted by atomic mass is 16.2. The fourth-order valence-electron chi connectivity index (χ4n) is 3.57. The number of nitrogens with zero attached hydrogens (tertiary/aromatic N) is 2. The van der Waals surface area contributed by atoms with Crippen LogP contribution in [0.15, 0.2) is 91.4 Å². The van der Waals surface area contributed by atoms with E-state index in [4.69, 9.17) is 0 Å². The molecular formula is C34H50N4O2. The van der Waals surface area contributed by atoms with E-state index in [2.05, 4.69) is 88.2 Å². The number of rotatable bonds is 22. The number of carbonyl (C=O) groups excluding carboxylic acids is 2. The zero-order valence-corrected chi connectivity index (χ0v) is 24.6. The van der Waals surface area contributed by atoms with Crippen molar-refractivity contribution in [2.24, 2.45) is 0 Å². The van der Waals surface area contributed by atoms with E-state index in [0.717, 1.165) is 63.6 Å². The number of aromatic nitrogens is 1. The molecule has 0 saturated heterocycles. The first kappa shape index (κ1) is 34.5. The molecule has 0 aliphatic heterocycles. The molecule has 218 valence electrons. The molecule has 2 N–H and O–H groups in total. The third-order valence-electron chi connectivity index (χ3n) is 5.86. The Morgan fingerprint density at radius 1 is 0.800 bits per heavy atom. The van der Waals surface area contributed by atoms with Crippen molar-refractivity contribution in [3.05, 3.63) is 96.9 Å². The average Bonchev–Trinajstić information content (AvgIpc) is 2.95. The van der Waals surface area contributed by atoms with E-state index in [1.165, 1.54) is 0 Å². The normalized spacial score (nSPS) is 12.4. The Morgan fingerprint density at radius 2 is 1.38 bits per heavy atom. The fraction of sp³-hybridized carbons (Fsp3) is 0.441. The summed E-state index contributed by atoms with van der Waals surface area (Å²) < 4.78 is 0. The quantitative estimate of drug-likeness (QED) is 0.127. The number of pyridine rings is 1. The van der Waals surface area contributed by atoms with Gasteiger partial charge in [0, 0.05) is 51.4 Å². The van der Waals surface area contributed by atoms with Gasteiger partial charge in [0.15, 0.2) is 0 Å². The monoisotopic (exact) mass is 546 g/mol. The lowest BCUT2D eigenvalue weighted by Crippen LogP contribution is -2.37. The molecule has 1 aromatic heterocycles. The van der Waals surface area contributed by atoms with Gasteiger partial charge in [0.05, 0.1) is 0 Å². The highest BCUT2D eigenvalue weighted by Gasteiger charge is 2.03. The van der Waals surface area contributed by atoms with Gasteiger partial charge < -0.3 is 15.5 Å². The molecular weight excluding hydrogens is 496 g/mol. The minimum atomic E-state index is -0.00523. The molecule has 6 heteroatoms. The summed E-state index contributed by atoms with van der Waals surface area (Å²) >= 11 is 0. The summed E-state index contributed by atoms with van der Waals surface area (Å²) in [5.74, 6) is 0.0869. The van der Waals surface area contributed by atoms with Gasteiger partial charge in [-0.2, -0.15) is 0 Å². The van der Waals surface area contributed by atoms with Crippen LogP contribution in [-0.2, 0) is 9.59 Å². The summed E-state index contributed by atoms with van der Waals surface area (Å²) in [5, 5.41) is 5.90. The van der Waals surface area contributed by atoms with Crippen LogP contribution >= 0.6 is 0 Å². The maximum atomic E-state index is 12.0. The SMILES string of the molecule is CC/C=C/C/C=C/C/C=C/C/C=C/C/C=C/CCCC(=O)NCCN(C)CCNC(=O)C/C=C/c1cccnc1. The van der Waals surface area contributed by atoms with Crippen LogP contribution in [0.25, 0.3) is 6.08 Å². The van der Waals surface area contributed by atoms with E-state index in [1.54, 1.807) is 12.4 Å². The summed E-state index contributed by atoms with van der Waals surface area (Å²) in [4.78, 5) is 30.1. The number of nitrogens with one attached hydrogen (secondary N) is 2. The molecule has 0 radical (unpaired) electrons. The van der Waals surface area contributed by atoms with Gasteiger partial charge >= 0.3 is 0 Å². The molecule has 0 aliphatic carbocycles. The molecule has 2 amide bonds. The Morgan fingerprint density at radius 3 is 1.95 bits per heavy atom. The molecule has 0 saturated carbocycles. The van der Waals surface area contributed by atoms with Crippen molar-refractivity contribution in [2.45, 2.75) is 64.7 Å². The second kappa shape index (κ2) is 25.8. The molecule has 1 aromatic rings. The van der Waals surface area contributed by atoms with Crippen LogP contribution < -0.4 is 10.6 Å². The van der Waals surface area contributed by atoms with Crippen molar-refractivity contribution in [3.63, 3.8) is 0 Å². The predicted octanol–water partition coefficient (Wildman–Crippen LogP) is 6.57. The smallest absolute Gasteiger partial charge is 0.223 e. The van der Waals surface area contributed by atoms with Crippen LogP contribution in [0.2, 0.25) is 0 Å². The molecule has 0 bridgehead atoms. The second-order valence-electron chi connectivity index (χ2n) is 9.50. The predicted molar refractivity (Wildman–Crippen MR) is 170 cm³/mol. The van der Waals surface area contributed by atoms with Gasteiger partial charge in [-0.1, -0.05) is 85.9 Å². The van der Waals surface area contributed by atoms with Crippen molar-refractivity contribution < 1.29 is 9.59 Å². The summed E-state index contributed by atoms with van der Waals surface area (Å²) in [5.41, 5.74) is 0.978. The molecule has 0 spiro atoms. The second-order valence-corrected chi connectivity index (χ2v) is 9.50. The molecule has 40 heavy (non-hydrogen) atoms. The lowest BCUT2D eigenvalue weighted by molar-refractivity contribution is -0.121. The minimum Gasteiger partial charge on any atom is -0.355 e. The van der Waals surface area contributed by atoms with E-state index < -0.39 is 0 Å². The number of hydrogen-bond donors (Lipinski definition) is 2. The molecule has 0 aromatic carbocycles. The fourth-order valence-corrected chi connectivity index (χ4v) is 3.57. The van der Waals surface area contributed by atoms with E-state index >= 15 is 0 Å². The molecule has 0 atom stereocenters. The molecule has 0 fully saturated rings. The van der Waals surface area contributed by atoms with Gasteiger partial charge in [0.2, 0.25) is 11.8 Å². The third-order valence-corrected chi connectivity index (χ3v) is 5.86. The maximum absolute atomic E-state index is 12.0. The average molecular weight is 547 g/mol. The summed E-state index contributed by atoms with van der Waals surface area (Å²) in [7, 11) is 1.99. The Labute approximate surface area is 242 Å². The first-order valence-electron chi connectivity index (χ1n) is 14.6. The Hall–Kier alpha value is -3.51. The number of likely N-dealkylation sites (N-methyl/N-ethyl adjacent to an activating group) is 1. The Balaban J connectivity index is 1.95. The number of unbranched alkanes of at least 4 members (excludes halogenated alkanes) is 1. The van der Waals surface area contributed by atoms with Crippen molar-refractivity contribution >= 4 is 17.9 Å². The van der Waals surface area contributed by atoms with Gasteiger partial charge in [0.1, 0.15) is 0 Å². The van der Waals surface area contributed by atoms with Crippen molar-refractivity contribution in [3.8, 4) is 0 Å². The topological polar surface area (TPSA) is 74.3 Å². The van der Waals surface area contributed by atoms with Crippen molar-refractivity contribution in [2.75, 3.05) is 33.2 Å². The molecule has 1 rings (SSSR count). The Bertz CT molecular complexity index is 961. The number of amides is 2. The van der Waals surface area contributed by atoms with Crippen molar-refractivity contribution in [1.82, 2.24) is 20.5 Å². The highest BCUT2D eigenvalue weighted by Crippen LogP contribution is 2.01. The van der Waals surface area contributed by atoms with E-state index in [-0.39, 0.29) is 11.8 Å². The number of carbonyl (C=O) groups is 2. The van der Waals surface area contributed by atoms with Gasteiger partial charge in [-0.05, 0) is 63.6 Å². The standard InChI is InChI=1S/C34H50N4O2/c1-3-4-5-6-7-8-9-10-11-12-13-14-15-16-17-18-19-24-33(39)36-27-29-38(2)30-28-37-34(40)25-20-22-32-23-21-26-35-31-32/h4-5,7-8,10-11,13-14,16-17,20-23,26,31H,3,6,9,12,15,18-19,24-25,27-30H2,1-2H3,(H,36,39)(H,37,40)/b5-4+,8-7+,11-10+,14-13+,17-16+,22-20+. The van der Waals surface area contributed by atoms with Crippen LogP contribution in [0.5, 0.6) is 0 Å². The molecule has 6 nitrogen and oxygen atoms in total. The number of allylic oxidation sites excluding steroid dienone is 10. The van der Waals surface area contributed by atoms with Crippen LogP contribution in [0.4, 0.5) is 0 Å². The minimum absolute atomic E-state index is 0.00523. The van der Waals surface area contributed by atoms with E-state index in [1.807, 2.05) is 31.3 Å². The third kappa shape index (κ3) is 22.5. The first-order chi connectivity index (χ1) is 19.6. The van der Waals surface area contributed by atoms with E-state index in [0.29, 0.717) is 25.9 Å². The zero-order chi connectivity index (χ0) is 28.9. The first-order valence-corrected chi connectivity index (χ1v) is 14.6. The van der Waals surface area contributed by atoms with Crippen molar-refractivity contribution in [1.29, 1.82) is 0 Å². The highest BCUT2D eigenvalue weighted by molar-refractivity contribution is 5.78. The lowest BCUT2D eigenvalue weighted by Gasteiger charge is -2.17. The lowest BCUT2D eigenvalue weighted by atomic mass is 10.2. The van der Waals surface area contributed by atoms with Gasteiger partial charge in [0.25, 0.3) is 0 Å². The van der Waals surface area contributed by atoms with Gasteiger partial charge in [-0.25, -0.2) is 0 Å². The summed E-state index contributed by atoms with van der Waals surface area (Å²) in [6.07, 6.45) is 36.8. The van der Waals surface area contributed by atoms with Crippen LogP contribution in [0.3, 0.4) is 0 Å². The van der Waals surface area contributed by atoms with E-state index in [9.17, 15) is 9.59 Å². The zero-order valence-electron chi connectivity index (χ0n) is 24.6. The molecule has 0 aliphatic rings. The maximum Gasteiger partial charge on any atom is 0.223 e. The Kier molecular flexibility index (Phi) is 22.2.